The maximum Gasteiger partial charge on any atom is 0.164 e. The molecule has 0 aliphatic heterocycles. The Morgan fingerprint density at radius 2 is 1.65 bits per heavy atom. The molecule has 132 valence electrons. The first-order chi connectivity index (χ1) is 12.5. The molecule has 0 heterocycles. The average Bonchev–Trinajstić information content (AvgIpc) is 2.64. The molecule has 1 unspecified atom stereocenters. The summed E-state index contributed by atoms with van der Waals surface area (Å²) in [6.07, 6.45) is 0.277. The van der Waals surface area contributed by atoms with E-state index in [-0.39, 0.29) is 23.3 Å². The Hall–Kier alpha value is -1.81. The van der Waals surface area contributed by atoms with E-state index in [2.05, 4.69) is 0 Å². The Balaban J connectivity index is 1.86. The highest BCUT2D eigenvalue weighted by Gasteiger charge is 2.20. The summed E-state index contributed by atoms with van der Waals surface area (Å²) in [6, 6.07) is 20.7. The summed E-state index contributed by atoms with van der Waals surface area (Å²) in [7, 11) is 0. The number of halogens is 3. The predicted octanol–water partition coefficient (Wildman–Crippen LogP) is 7.24. The first-order valence-electron chi connectivity index (χ1n) is 7.98. The van der Waals surface area contributed by atoms with Gasteiger partial charge in [0.15, 0.2) is 5.78 Å². The molecule has 0 aromatic heterocycles. The van der Waals surface area contributed by atoms with Crippen LogP contribution in [0.2, 0.25) is 10.0 Å². The van der Waals surface area contributed by atoms with Crippen LogP contribution in [-0.4, -0.2) is 5.78 Å². The van der Waals surface area contributed by atoms with Gasteiger partial charge >= 0.3 is 0 Å². The minimum absolute atomic E-state index is 0.0450. The monoisotopic (exact) mass is 404 g/mol. The maximum absolute atomic E-state index is 13.1. The molecule has 0 spiro atoms. The fraction of sp³-hybridized carbons (Fsp3) is 0.0952. The SMILES string of the molecule is O=C(CC(Sc1ccc(Cl)cc1Cl)c1ccccc1)c1ccc(F)cc1. The molecular weight excluding hydrogens is 390 g/mol. The van der Waals surface area contributed by atoms with Crippen LogP contribution >= 0.6 is 35.0 Å². The van der Waals surface area contributed by atoms with E-state index >= 15 is 0 Å². The second-order valence-corrected chi connectivity index (χ2v) is 7.81. The molecule has 3 aromatic carbocycles. The zero-order valence-corrected chi connectivity index (χ0v) is 16.0. The number of rotatable bonds is 6. The molecule has 26 heavy (non-hydrogen) atoms. The average molecular weight is 405 g/mol. The Bertz CT molecular complexity index is 898. The van der Waals surface area contributed by atoms with Gasteiger partial charge < -0.3 is 0 Å². The summed E-state index contributed by atoms with van der Waals surface area (Å²) in [5.41, 5.74) is 1.52. The minimum Gasteiger partial charge on any atom is -0.294 e. The van der Waals surface area contributed by atoms with Gasteiger partial charge in [-0.05, 0) is 48.0 Å². The molecule has 0 aliphatic carbocycles. The van der Waals surface area contributed by atoms with Crippen LogP contribution in [-0.2, 0) is 0 Å². The molecular formula is C21H15Cl2FOS. The predicted molar refractivity (Wildman–Crippen MR) is 107 cm³/mol. The van der Waals surface area contributed by atoms with Crippen molar-refractivity contribution in [1.29, 1.82) is 0 Å². The minimum atomic E-state index is -0.358. The molecule has 0 aliphatic rings. The van der Waals surface area contributed by atoms with Crippen molar-refractivity contribution < 1.29 is 9.18 Å². The Morgan fingerprint density at radius 1 is 0.962 bits per heavy atom. The smallest absolute Gasteiger partial charge is 0.164 e. The zero-order chi connectivity index (χ0) is 18.5. The van der Waals surface area contributed by atoms with Gasteiger partial charge in [-0.25, -0.2) is 4.39 Å². The normalized spacial score (nSPS) is 12.0. The van der Waals surface area contributed by atoms with Crippen LogP contribution < -0.4 is 0 Å². The van der Waals surface area contributed by atoms with Gasteiger partial charge in [-0.1, -0.05) is 53.5 Å². The van der Waals surface area contributed by atoms with E-state index in [1.54, 1.807) is 12.1 Å². The number of Topliss-reactive ketones (excluding diaryl/α,β-unsaturated/α-hetero) is 1. The number of benzene rings is 3. The summed E-state index contributed by atoms with van der Waals surface area (Å²) < 4.78 is 13.1. The summed E-state index contributed by atoms with van der Waals surface area (Å²) in [6.45, 7) is 0. The van der Waals surface area contributed by atoms with Crippen molar-refractivity contribution in [2.24, 2.45) is 0 Å². The van der Waals surface area contributed by atoms with Crippen molar-refractivity contribution in [2.45, 2.75) is 16.6 Å². The maximum atomic E-state index is 13.1. The molecule has 3 aromatic rings. The van der Waals surface area contributed by atoms with E-state index in [1.807, 2.05) is 36.4 Å². The van der Waals surface area contributed by atoms with Gasteiger partial charge in [-0.3, -0.25) is 4.79 Å². The van der Waals surface area contributed by atoms with Gasteiger partial charge in [0, 0.05) is 27.2 Å². The third-order valence-electron chi connectivity index (χ3n) is 3.87. The number of hydrogen-bond donors (Lipinski definition) is 0. The fourth-order valence-electron chi connectivity index (χ4n) is 2.54. The quantitative estimate of drug-likeness (QED) is 0.318. The van der Waals surface area contributed by atoms with Crippen LogP contribution in [0.15, 0.2) is 77.7 Å². The highest BCUT2D eigenvalue weighted by molar-refractivity contribution is 7.99. The standard InChI is InChI=1S/C21H15Cl2FOS/c22-16-8-11-20(18(23)12-16)26-21(15-4-2-1-3-5-15)13-19(25)14-6-9-17(24)10-7-14/h1-12,21H,13H2. The summed E-state index contributed by atoms with van der Waals surface area (Å²) in [4.78, 5) is 13.5. The van der Waals surface area contributed by atoms with Gasteiger partial charge in [0.2, 0.25) is 0 Å². The number of carbonyl (C=O) groups excluding carboxylic acids is 1. The molecule has 3 rings (SSSR count). The summed E-state index contributed by atoms with van der Waals surface area (Å²) >= 11 is 13.8. The van der Waals surface area contributed by atoms with E-state index in [9.17, 15) is 9.18 Å². The van der Waals surface area contributed by atoms with Crippen LogP contribution in [0.3, 0.4) is 0 Å². The van der Waals surface area contributed by atoms with Crippen LogP contribution in [0.1, 0.15) is 27.6 Å². The number of hydrogen-bond acceptors (Lipinski definition) is 2. The second kappa shape index (κ2) is 8.72. The molecule has 0 saturated heterocycles. The van der Waals surface area contributed by atoms with Gasteiger partial charge in [-0.2, -0.15) is 0 Å². The lowest BCUT2D eigenvalue weighted by atomic mass is 10.0. The van der Waals surface area contributed by atoms with Crippen LogP contribution in [0, 0.1) is 5.82 Å². The van der Waals surface area contributed by atoms with Crippen molar-refractivity contribution in [1.82, 2.24) is 0 Å². The van der Waals surface area contributed by atoms with Crippen molar-refractivity contribution >= 4 is 40.7 Å². The van der Waals surface area contributed by atoms with Crippen molar-refractivity contribution in [2.75, 3.05) is 0 Å². The Morgan fingerprint density at radius 3 is 2.31 bits per heavy atom. The summed E-state index contributed by atoms with van der Waals surface area (Å²) in [5.74, 6) is -0.403. The topological polar surface area (TPSA) is 17.1 Å². The third kappa shape index (κ3) is 4.88. The Kier molecular flexibility index (Phi) is 6.36. The summed E-state index contributed by atoms with van der Waals surface area (Å²) in [5, 5.41) is 1.00. The molecule has 0 radical (unpaired) electrons. The fourth-order valence-corrected chi connectivity index (χ4v) is 4.24. The second-order valence-electron chi connectivity index (χ2n) is 5.73. The highest BCUT2D eigenvalue weighted by atomic mass is 35.5. The molecule has 1 atom stereocenters. The van der Waals surface area contributed by atoms with Crippen LogP contribution in [0.5, 0.6) is 0 Å². The van der Waals surface area contributed by atoms with Gasteiger partial charge in [-0.15, -0.1) is 11.8 Å². The Labute approximate surface area is 166 Å². The van der Waals surface area contributed by atoms with Crippen molar-refractivity contribution in [3.05, 3.63) is 99.8 Å². The van der Waals surface area contributed by atoms with E-state index in [1.165, 1.54) is 36.0 Å². The first kappa shape index (κ1) is 19.0. The van der Waals surface area contributed by atoms with Crippen molar-refractivity contribution in [3.63, 3.8) is 0 Å². The lowest BCUT2D eigenvalue weighted by molar-refractivity contribution is 0.0982. The molecule has 1 nitrogen and oxygen atoms in total. The molecule has 0 bridgehead atoms. The van der Waals surface area contributed by atoms with Crippen LogP contribution in [0.4, 0.5) is 4.39 Å². The largest absolute Gasteiger partial charge is 0.294 e. The van der Waals surface area contributed by atoms with Crippen LogP contribution in [0.25, 0.3) is 0 Å². The molecule has 0 fully saturated rings. The van der Waals surface area contributed by atoms with Gasteiger partial charge in [0.05, 0.1) is 5.02 Å². The highest BCUT2D eigenvalue weighted by Crippen LogP contribution is 2.42. The number of thioether (sulfide) groups is 1. The van der Waals surface area contributed by atoms with E-state index in [0.29, 0.717) is 15.6 Å². The van der Waals surface area contributed by atoms with Gasteiger partial charge in [0.25, 0.3) is 0 Å². The molecule has 0 amide bonds. The lowest BCUT2D eigenvalue weighted by Gasteiger charge is -2.17. The van der Waals surface area contributed by atoms with E-state index in [4.69, 9.17) is 23.2 Å². The lowest BCUT2D eigenvalue weighted by Crippen LogP contribution is -2.05. The number of ketones is 1. The third-order valence-corrected chi connectivity index (χ3v) is 5.86. The van der Waals surface area contributed by atoms with Gasteiger partial charge in [0.1, 0.15) is 5.82 Å². The van der Waals surface area contributed by atoms with E-state index in [0.717, 1.165) is 10.5 Å². The zero-order valence-electron chi connectivity index (χ0n) is 13.7. The molecule has 0 saturated carbocycles. The van der Waals surface area contributed by atoms with Crippen molar-refractivity contribution in [3.8, 4) is 0 Å². The molecule has 5 heteroatoms. The number of carbonyl (C=O) groups is 1. The first-order valence-corrected chi connectivity index (χ1v) is 9.62. The van der Waals surface area contributed by atoms with E-state index < -0.39 is 0 Å². The molecule has 0 N–H and O–H groups in total.